The Hall–Kier alpha value is -5.64. The van der Waals surface area contributed by atoms with E-state index in [-0.39, 0.29) is 63.2 Å². The monoisotopic (exact) mass is 1990 g/mol. The number of fused-ring (bicyclic) bond motifs is 6. The van der Waals surface area contributed by atoms with Gasteiger partial charge in [-0.25, -0.2) is 0 Å². The summed E-state index contributed by atoms with van der Waals surface area (Å²) < 4.78 is 223. The molecule has 0 saturated carbocycles. The van der Waals surface area contributed by atoms with Crippen molar-refractivity contribution in [1.82, 2.24) is 19.9 Å². The van der Waals surface area contributed by atoms with Crippen LogP contribution < -0.4 is 8.79 Å². The van der Waals surface area contributed by atoms with E-state index in [1.807, 2.05) is 142 Å². The summed E-state index contributed by atoms with van der Waals surface area (Å²) in [5.74, 6) is 13.1. The van der Waals surface area contributed by atoms with Gasteiger partial charge in [-0.3, -0.25) is 9.54 Å². The topological polar surface area (TPSA) is 146 Å². The Morgan fingerprint density at radius 3 is 1.30 bits per heavy atom. The maximum Gasteiger partial charge on any atom is 0.0719 e. The summed E-state index contributed by atoms with van der Waals surface area (Å²) in [5, 5.41) is 18.1. The minimum atomic E-state index is -5.84. The SMILES string of the molecule is CO.CO.O=S(=O)(O)C(F)(F)F.[2H]C([2H])([2H])c1c[c-]c(-c2cc(C([2H])([2H])C(C)C)[c]([Ge]([CH3])([CH3])[CH3])cn2)cc1.[2H]C([2H])([2H])c1c[c-]c(-c2cc(C([2H])([2H])C(C)C)[c]([Ge]([CH3])([CH3])[CH3])cn2)cc1.[2H]C([2H])([2H])c1ccc2c(c1)sc1c(-c3cc(C([2H])([2H])C(C)(C)C)ccn3)[c-]ccc12.[2H]C([2H])([2H])c1ccc2c(c1)sc1c(-c3cc(C([2H])([2H])C(C)(C)C)ccn3)cccc12.[Ir].[Ir]. The molecular formula is C87H106F3Ge2Ir2N4O5S3-3. The van der Waals surface area contributed by atoms with Crippen LogP contribution in [0.3, 0.4) is 0 Å². The number of aromatic nitrogens is 4. The fourth-order valence-electron chi connectivity index (χ4n) is 10.5. The molecule has 0 unspecified atom stereocenters. The van der Waals surface area contributed by atoms with Gasteiger partial charge in [0, 0.05) is 111 Å². The number of benzene rings is 6. The maximum absolute atomic E-state index is 10.7. The molecule has 0 aliphatic heterocycles. The van der Waals surface area contributed by atoms with Crippen molar-refractivity contribution in [1.29, 1.82) is 0 Å². The van der Waals surface area contributed by atoms with Crippen molar-refractivity contribution in [3.05, 3.63) is 227 Å². The standard InChI is InChI=1S/C23H23NS.C23H22NS.2C19H26GeN.CHF3O3S.2CH4O.2Ir/c2*1-15-8-9-17-18-6-5-7-19(22(18)25-21(17)12-15)20-13-16(10-11-24-20)14-23(2,3)4;2*1-14(2)11-17-12-19(16-9-7-15(3)8-10-16)21-13-18(17)20(4,5)6;2-1(3,4)8(5,6)7;2*1-2;;/h5-13H,14H2,1-4H3;5-6,8-13H,14H2,1-4H3;2*7-9,12-14H,11H2,1-6H3;(H,5,6,7);2*2H,1H3;;/q;3*-1;;;;;/i2*1D3,14D2;2*3D3,11D2;;;;;. The van der Waals surface area contributed by atoms with Gasteiger partial charge in [-0.05, 0) is 100 Å². The van der Waals surface area contributed by atoms with Crippen LogP contribution in [0.4, 0.5) is 13.2 Å². The number of nitrogens with zero attached hydrogens (tertiary/aromatic N) is 4. The Bertz CT molecular complexity index is 5480. The van der Waals surface area contributed by atoms with Crippen molar-refractivity contribution >= 4 is 108 Å². The summed E-state index contributed by atoms with van der Waals surface area (Å²) in [6.45, 7) is 10.3. The van der Waals surface area contributed by atoms with Gasteiger partial charge in [0.2, 0.25) is 0 Å². The van der Waals surface area contributed by atoms with Gasteiger partial charge in [0.25, 0.3) is 0 Å². The minimum Gasteiger partial charge on any atom is -0.305 e. The van der Waals surface area contributed by atoms with E-state index < -0.39 is 106 Å². The van der Waals surface area contributed by atoms with Gasteiger partial charge < -0.3 is 15.2 Å². The summed E-state index contributed by atoms with van der Waals surface area (Å²) in [4.78, 5) is 18.1. The summed E-state index contributed by atoms with van der Waals surface area (Å²) in [6.07, 6.45) is 0.996. The molecular weight excluding hydrogens is 1860 g/mol. The number of hydrogen-bond acceptors (Lipinski definition) is 10. The Kier molecular flexibility index (Phi) is 24.8. The Morgan fingerprint density at radius 1 is 0.509 bits per heavy atom. The number of thiophene rings is 2. The smallest absolute Gasteiger partial charge is 0.0719 e. The molecule has 6 heterocycles. The zero-order chi connectivity index (χ0) is 94.6. The van der Waals surface area contributed by atoms with Crippen molar-refractivity contribution in [2.45, 2.75) is 162 Å². The third-order valence-electron chi connectivity index (χ3n) is 14.8. The molecule has 0 fully saturated rings. The van der Waals surface area contributed by atoms with Crippen LogP contribution in [0.15, 0.2) is 164 Å². The molecule has 0 saturated heterocycles. The number of hydrogen-bond donors (Lipinski definition) is 3. The van der Waals surface area contributed by atoms with Crippen LogP contribution >= 0.6 is 22.7 Å². The normalized spacial score (nSPS) is 15.5. The summed E-state index contributed by atoms with van der Waals surface area (Å²) in [5.41, 5.74) is 2.77. The van der Waals surface area contributed by atoms with Crippen LogP contribution in [0.5, 0.6) is 0 Å². The molecule has 0 bridgehead atoms. The second-order valence-electron chi connectivity index (χ2n) is 28.7. The largest absolute Gasteiger partial charge is 0.305 e. The molecule has 0 aliphatic carbocycles. The third kappa shape index (κ3) is 27.1. The fourth-order valence-corrected chi connectivity index (χ4v) is 18.9. The quantitative estimate of drug-likeness (QED) is 0.0471. The second-order valence-corrected chi connectivity index (χ2v) is 53.4. The number of halogens is 3. The predicted molar refractivity (Wildman–Crippen MR) is 443 cm³/mol. The Labute approximate surface area is 698 Å². The molecule has 106 heavy (non-hydrogen) atoms. The number of aliphatic hydroxyl groups is 2. The number of rotatable bonds is 12. The molecule has 0 amide bonds. The zero-order valence-electron chi connectivity index (χ0n) is 82.7. The van der Waals surface area contributed by atoms with E-state index in [0.29, 0.717) is 67.3 Å². The Balaban J connectivity index is 0.000000336. The van der Waals surface area contributed by atoms with E-state index in [2.05, 4.69) is 72.7 Å². The molecule has 0 aliphatic rings. The molecule has 6 aromatic heterocycles. The Morgan fingerprint density at radius 2 is 0.915 bits per heavy atom. The van der Waals surface area contributed by atoms with Crippen molar-refractivity contribution in [3.8, 4) is 45.0 Å². The first kappa shape index (κ1) is 65.1. The van der Waals surface area contributed by atoms with Gasteiger partial charge in [-0.2, -0.15) is 32.9 Å². The average molecular weight is 1990 g/mol. The number of pyridine rings is 4. The molecule has 0 spiro atoms. The minimum absolute atomic E-state index is 0. The molecule has 6 aromatic carbocycles. The molecule has 9 nitrogen and oxygen atoms in total. The van der Waals surface area contributed by atoms with Crippen LogP contribution in [0.1, 0.15) is 141 Å². The summed E-state index contributed by atoms with van der Waals surface area (Å²) in [6, 6.07) is 49.8. The van der Waals surface area contributed by atoms with E-state index in [1.54, 1.807) is 90.5 Å². The van der Waals surface area contributed by atoms with E-state index in [9.17, 15) is 13.2 Å². The predicted octanol–water partition coefficient (Wildman–Crippen LogP) is 22.6. The van der Waals surface area contributed by atoms with Crippen LogP contribution in [-0.2, 0) is 75.8 Å². The number of aliphatic hydroxyl groups excluding tert-OH is 2. The first-order valence-electron chi connectivity index (χ1n) is 43.3. The van der Waals surface area contributed by atoms with Crippen LogP contribution in [0.2, 0.25) is 34.5 Å². The first-order valence-corrected chi connectivity index (χ1v) is 51.1. The number of alkyl halides is 3. The maximum atomic E-state index is 10.7. The molecule has 2 radical (unpaired) electrons. The third-order valence-corrected chi connectivity index (χ3v) is 26.2. The molecule has 12 rings (SSSR count). The molecule has 0 atom stereocenters. The van der Waals surface area contributed by atoms with Crippen molar-refractivity contribution in [2.24, 2.45) is 22.7 Å². The zero-order valence-corrected chi connectivity index (χ0v) is 74.2. The van der Waals surface area contributed by atoms with Gasteiger partial charge in [0.15, 0.2) is 0 Å². The summed E-state index contributed by atoms with van der Waals surface area (Å²) in [7, 11) is -3.84. The summed E-state index contributed by atoms with van der Waals surface area (Å²) >= 11 is -1.57. The molecule has 19 heteroatoms. The van der Waals surface area contributed by atoms with Gasteiger partial charge in [-0.1, -0.05) is 101 Å². The van der Waals surface area contributed by atoms with E-state index in [0.717, 1.165) is 74.5 Å². The van der Waals surface area contributed by atoms with Crippen LogP contribution in [0.25, 0.3) is 85.4 Å². The van der Waals surface area contributed by atoms with Crippen LogP contribution in [-0.4, -0.2) is 89.4 Å². The van der Waals surface area contributed by atoms with Gasteiger partial charge >= 0.3 is 293 Å². The first-order chi connectivity index (χ1) is 56.5. The van der Waals surface area contributed by atoms with Crippen LogP contribution in [0, 0.1) is 68.3 Å². The van der Waals surface area contributed by atoms with Crippen molar-refractivity contribution in [2.75, 3.05) is 14.2 Å². The average Bonchev–Trinajstić information content (AvgIpc) is 1.33. The van der Waals surface area contributed by atoms with Crippen molar-refractivity contribution in [3.63, 3.8) is 0 Å². The van der Waals surface area contributed by atoms with Crippen molar-refractivity contribution < 1.29 is 104 Å². The fraction of sp³-hybridized carbons (Fsp3) is 0.356. The molecule has 12 aromatic rings. The van der Waals surface area contributed by atoms with E-state index in [1.165, 1.54) is 23.5 Å². The van der Waals surface area contributed by atoms with Gasteiger partial charge in [-0.15, -0.1) is 35.1 Å². The second kappa shape index (κ2) is 40.3. The molecule has 572 valence electrons. The van der Waals surface area contributed by atoms with E-state index in [4.69, 9.17) is 50.6 Å². The van der Waals surface area contributed by atoms with E-state index >= 15 is 0 Å². The number of aryl methyl sites for hydroxylation is 4. The van der Waals surface area contributed by atoms with Gasteiger partial charge in [0.05, 0.1) is 5.69 Å². The molecule has 3 N–H and O–H groups in total. The van der Waals surface area contributed by atoms with Gasteiger partial charge in [0.1, 0.15) is 0 Å².